The Kier molecular flexibility index (Phi) is 5.46. The van der Waals surface area contributed by atoms with Crippen LogP contribution in [0.15, 0.2) is 54.7 Å². The lowest BCUT2D eigenvalue weighted by Gasteiger charge is -2.10. The second-order valence-electron chi connectivity index (χ2n) is 8.03. The van der Waals surface area contributed by atoms with E-state index in [4.69, 9.17) is 19.4 Å². The van der Waals surface area contributed by atoms with E-state index in [1.54, 1.807) is 7.11 Å². The van der Waals surface area contributed by atoms with E-state index < -0.39 is 0 Å². The van der Waals surface area contributed by atoms with Crippen LogP contribution in [0.5, 0.6) is 11.5 Å². The van der Waals surface area contributed by atoms with Gasteiger partial charge in [-0.3, -0.25) is 13.8 Å². The van der Waals surface area contributed by atoms with E-state index in [9.17, 15) is 4.79 Å². The van der Waals surface area contributed by atoms with Crippen LogP contribution in [0.1, 0.15) is 38.9 Å². The van der Waals surface area contributed by atoms with Gasteiger partial charge in [0.15, 0.2) is 17.0 Å². The van der Waals surface area contributed by atoms with Crippen LogP contribution in [0, 0.1) is 0 Å². The van der Waals surface area contributed by atoms with Crippen LogP contribution in [0.3, 0.4) is 0 Å². The third-order valence-electron chi connectivity index (χ3n) is 5.71. The van der Waals surface area contributed by atoms with Gasteiger partial charge in [-0.25, -0.2) is 9.97 Å². The quantitative estimate of drug-likeness (QED) is 0.312. The number of benzene rings is 2. The molecular weight excluding hydrogens is 416 g/mol. The van der Waals surface area contributed by atoms with E-state index in [-0.39, 0.29) is 5.97 Å². The smallest absolute Gasteiger partial charge is 0.311 e. The highest BCUT2D eigenvalue weighted by Gasteiger charge is 2.23. The summed E-state index contributed by atoms with van der Waals surface area (Å²) in [7, 11) is 1.64. The maximum atomic E-state index is 12.5. The van der Waals surface area contributed by atoms with Crippen molar-refractivity contribution in [2.75, 3.05) is 7.11 Å². The highest BCUT2D eigenvalue weighted by Crippen LogP contribution is 2.36. The van der Waals surface area contributed by atoms with Gasteiger partial charge in [0.2, 0.25) is 0 Å². The number of esters is 1. The number of hydrogen-bond acceptors (Lipinski definition) is 5. The number of nitrogens with zero attached hydrogens (tertiary/aromatic N) is 4. The second kappa shape index (κ2) is 8.58. The summed E-state index contributed by atoms with van der Waals surface area (Å²) in [5.41, 5.74) is 4.18. The number of imidazole rings is 1. The molecule has 0 aliphatic heterocycles. The van der Waals surface area contributed by atoms with E-state index in [0.29, 0.717) is 17.8 Å². The molecule has 168 valence electrons. The second-order valence-corrected chi connectivity index (χ2v) is 8.03. The van der Waals surface area contributed by atoms with Gasteiger partial charge in [-0.15, -0.1) is 0 Å². The van der Waals surface area contributed by atoms with Crippen LogP contribution >= 0.6 is 0 Å². The van der Waals surface area contributed by atoms with E-state index in [1.807, 2.05) is 66.2 Å². The number of aromatic nitrogens is 4. The van der Waals surface area contributed by atoms with Crippen LogP contribution in [-0.4, -0.2) is 32.0 Å². The van der Waals surface area contributed by atoms with Gasteiger partial charge in [0.1, 0.15) is 17.0 Å². The molecule has 0 amide bonds. The van der Waals surface area contributed by atoms with E-state index in [1.165, 1.54) is 0 Å². The first-order valence-electron chi connectivity index (χ1n) is 11.3. The molecule has 0 fully saturated rings. The maximum Gasteiger partial charge on any atom is 0.311 e. The maximum absolute atomic E-state index is 12.5. The van der Waals surface area contributed by atoms with Crippen LogP contribution in [-0.2, 0) is 11.2 Å². The summed E-state index contributed by atoms with van der Waals surface area (Å²) >= 11 is 0. The van der Waals surface area contributed by atoms with Crippen LogP contribution < -0.4 is 9.47 Å². The lowest BCUT2D eigenvalue weighted by Crippen LogP contribution is -2.07. The predicted molar refractivity (Wildman–Crippen MR) is 128 cm³/mol. The largest absolute Gasteiger partial charge is 0.497 e. The fourth-order valence-corrected chi connectivity index (χ4v) is 4.22. The van der Waals surface area contributed by atoms with Gasteiger partial charge in [0.25, 0.3) is 0 Å². The number of rotatable bonds is 7. The van der Waals surface area contributed by atoms with Gasteiger partial charge < -0.3 is 9.47 Å². The van der Waals surface area contributed by atoms with Crippen molar-refractivity contribution in [1.29, 1.82) is 0 Å². The molecule has 0 bridgehead atoms. The summed E-state index contributed by atoms with van der Waals surface area (Å²) < 4.78 is 15.3. The molecule has 3 heterocycles. The molecule has 0 N–H and O–H groups in total. The Bertz CT molecular complexity index is 1480. The summed E-state index contributed by atoms with van der Waals surface area (Å²) in [6.07, 6.45) is 4.63. The average Bonchev–Trinajstić information content (AvgIpc) is 3.38. The lowest BCUT2D eigenvalue weighted by molar-refractivity contribution is -0.134. The van der Waals surface area contributed by atoms with Crippen molar-refractivity contribution < 1.29 is 14.3 Å². The summed E-state index contributed by atoms with van der Waals surface area (Å²) in [6.45, 7) is 4.09. The Balaban J connectivity index is 1.87. The number of carbonyl (C=O) groups is 1. The molecule has 0 aliphatic rings. The zero-order valence-corrected chi connectivity index (χ0v) is 19.0. The number of ether oxygens (including phenoxy) is 2. The molecule has 0 unspecified atom stereocenters. The van der Waals surface area contributed by atoms with Crippen LogP contribution in [0.2, 0.25) is 0 Å². The normalized spacial score (nSPS) is 11.5. The van der Waals surface area contributed by atoms with Gasteiger partial charge in [-0.05, 0) is 37.1 Å². The third kappa shape index (κ3) is 3.59. The Hall–Kier alpha value is -3.87. The van der Waals surface area contributed by atoms with Crippen molar-refractivity contribution in [2.24, 2.45) is 0 Å². The lowest BCUT2D eigenvalue weighted by atomic mass is 10.2. The molecule has 7 heteroatoms. The van der Waals surface area contributed by atoms with E-state index in [0.717, 1.165) is 58.6 Å². The molecule has 0 radical (unpaired) electrons. The van der Waals surface area contributed by atoms with Crippen molar-refractivity contribution in [3.63, 3.8) is 0 Å². The zero-order valence-electron chi connectivity index (χ0n) is 19.0. The minimum absolute atomic E-state index is 0.269. The molecule has 0 spiro atoms. The summed E-state index contributed by atoms with van der Waals surface area (Å²) in [6, 6.07) is 15.8. The Morgan fingerprint density at radius 1 is 1.00 bits per heavy atom. The molecule has 0 aliphatic carbocycles. The van der Waals surface area contributed by atoms with Crippen molar-refractivity contribution in [2.45, 2.75) is 39.5 Å². The summed E-state index contributed by atoms with van der Waals surface area (Å²) in [5, 5.41) is 0.721. The van der Waals surface area contributed by atoms with Crippen LogP contribution in [0.4, 0.5) is 0 Å². The highest BCUT2D eigenvalue weighted by atomic mass is 16.5. The summed E-state index contributed by atoms with van der Waals surface area (Å²) in [4.78, 5) is 22.5. The molecule has 5 rings (SSSR count). The first-order chi connectivity index (χ1) is 16.1. The number of aryl methyl sites for hydroxylation is 1. The standard InChI is InChI=1S/C26H26N4O3/c1-4-9-22-28-25-24(26-27-19-13-6-7-14-20(19)30(22)26)21(33-23(31)10-5-2)16-29(25)17-11-8-12-18(15-17)32-3/h6-8,11-16H,4-5,9-10H2,1-3H3. The van der Waals surface area contributed by atoms with Crippen molar-refractivity contribution in [1.82, 2.24) is 18.9 Å². The fraction of sp³-hybridized carbons (Fsp3) is 0.269. The van der Waals surface area contributed by atoms with Gasteiger partial charge in [-0.1, -0.05) is 32.0 Å². The predicted octanol–water partition coefficient (Wildman–Crippen LogP) is 5.49. The van der Waals surface area contributed by atoms with Crippen molar-refractivity contribution >= 4 is 33.7 Å². The minimum atomic E-state index is -0.269. The molecule has 7 nitrogen and oxygen atoms in total. The third-order valence-corrected chi connectivity index (χ3v) is 5.71. The number of fused-ring (bicyclic) bond motifs is 5. The summed E-state index contributed by atoms with van der Waals surface area (Å²) in [5.74, 6) is 1.85. The molecule has 33 heavy (non-hydrogen) atoms. The van der Waals surface area contributed by atoms with E-state index in [2.05, 4.69) is 11.3 Å². The molecule has 2 aromatic carbocycles. The SMILES string of the molecule is CCCC(=O)Oc1cn(-c2cccc(OC)c2)c2nc(CCC)n3c4ccccc4nc3c12. The topological polar surface area (TPSA) is 70.7 Å². The van der Waals surface area contributed by atoms with E-state index >= 15 is 0 Å². The van der Waals surface area contributed by atoms with Gasteiger partial charge in [0.05, 0.1) is 30.0 Å². The monoisotopic (exact) mass is 442 g/mol. The fourth-order valence-electron chi connectivity index (χ4n) is 4.22. The molecule has 3 aromatic heterocycles. The number of carbonyl (C=O) groups excluding carboxylic acids is 1. The highest BCUT2D eigenvalue weighted by molar-refractivity contribution is 6.01. The number of hydrogen-bond donors (Lipinski definition) is 0. The zero-order chi connectivity index (χ0) is 22.9. The molecule has 0 saturated heterocycles. The minimum Gasteiger partial charge on any atom is -0.497 e. The van der Waals surface area contributed by atoms with Crippen molar-refractivity contribution in [3.8, 4) is 17.2 Å². The Morgan fingerprint density at radius 2 is 1.85 bits per heavy atom. The molecule has 5 aromatic rings. The van der Waals surface area contributed by atoms with Gasteiger partial charge in [-0.2, -0.15) is 0 Å². The first-order valence-corrected chi connectivity index (χ1v) is 11.3. The Labute approximate surface area is 191 Å². The van der Waals surface area contributed by atoms with Gasteiger partial charge >= 0.3 is 5.97 Å². The number of para-hydroxylation sites is 2. The van der Waals surface area contributed by atoms with Crippen LogP contribution in [0.25, 0.3) is 33.4 Å². The van der Waals surface area contributed by atoms with Crippen molar-refractivity contribution in [3.05, 3.63) is 60.6 Å². The van der Waals surface area contributed by atoms with Gasteiger partial charge in [0, 0.05) is 18.9 Å². The number of methoxy groups -OCH3 is 1. The molecule has 0 atom stereocenters. The molecular formula is C26H26N4O3. The first kappa shape index (κ1) is 21.0. The molecule has 0 saturated carbocycles. The average molecular weight is 443 g/mol. The Morgan fingerprint density at radius 3 is 2.64 bits per heavy atom.